The normalized spacial score (nSPS) is 9.94. The number of aromatic nitrogens is 1. The van der Waals surface area contributed by atoms with Crippen molar-refractivity contribution < 1.29 is 0 Å². The van der Waals surface area contributed by atoms with Gasteiger partial charge < -0.3 is 0 Å². The Morgan fingerprint density at radius 3 is 2.41 bits per heavy atom. The molecule has 1 aromatic carbocycles. The van der Waals surface area contributed by atoms with E-state index < -0.39 is 0 Å². The molecule has 2 aromatic rings. The average molecular weight is 240 g/mol. The molecule has 1 heterocycles. The van der Waals surface area contributed by atoms with Crippen LogP contribution >= 0.6 is 11.8 Å². The van der Waals surface area contributed by atoms with Crippen molar-refractivity contribution in [3.8, 4) is 6.07 Å². The van der Waals surface area contributed by atoms with Crippen LogP contribution in [0.2, 0.25) is 0 Å². The summed E-state index contributed by atoms with van der Waals surface area (Å²) < 4.78 is 0. The zero-order valence-corrected chi connectivity index (χ0v) is 10.6. The number of nitriles is 1. The van der Waals surface area contributed by atoms with Crippen molar-refractivity contribution in [2.45, 2.75) is 23.6 Å². The maximum atomic E-state index is 8.67. The van der Waals surface area contributed by atoms with E-state index in [-0.39, 0.29) is 0 Å². The maximum Gasteiger partial charge on any atom is 0.140 e. The maximum absolute atomic E-state index is 8.67. The minimum atomic E-state index is 0.453. The predicted molar refractivity (Wildman–Crippen MR) is 69.0 cm³/mol. The molecule has 2 nitrogen and oxygen atoms in total. The molecule has 17 heavy (non-hydrogen) atoms. The third kappa shape index (κ3) is 2.86. The number of pyridine rings is 1. The lowest BCUT2D eigenvalue weighted by molar-refractivity contribution is 1.19. The van der Waals surface area contributed by atoms with Crippen LogP contribution in [0.4, 0.5) is 0 Å². The van der Waals surface area contributed by atoms with Crippen LogP contribution in [0, 0.1) is 25.2 Å². The van der Waals surface area contributed by atoms with Crippen molar-refractivity contribution >= 4 is 11.8 Å². The second kappa shape index (κ2) is 5.03. The monoisotopic (exact) mass is 240 g/mol. The first-order valence-corrected chi connectivity index (χ1v) is 6.12. The first-order valence-electron chi connectivity index (χ1n) is 5.30. The quantitative estimate of drug-likeness (QED) is 0.802. The van der Waals surface area contributed by atoms with E-state index in [0.717, 1.165) is 4.90 Å². The van der Waals surface area contributed by atoms with Gasteiger partial charge in [-0.05, 0) is 49.2 Å². The average Bonchev–Trinajstić information content (AvgIpc) is 2.35. The fourth-order valence-electron chi connectivity index (χ4n) is 1.42. The van der Waals surface area contributed by atoms with Crippen LogP contribution in [0.25, 0.3) is 0 Å². The highest BCUT2D eigenvalue weighted by Gasteiger charge is 2.00. The Hall–Kier alpha value is -1.79. The van der Waals surface area contributed by atoms with Crippen LogP contribution in [0.15, 0.2) is 46.3 Å². The van der Waals surface area contributed by atoms with E-state index in [0.29, 0.717) is 5.69 Å². The zero-order valence-electron chi connectivity index (χ0n) is 9.77. The summed E-state index contributed by atoms with van der Waals surface area (Å²) in [6.07, 6.45) is 1.73. The summed E-state index contributed by atoms with van der Waals surface area (Å²) in [5, 5.41) is 8.67. The van der Waals surface area contributed by atoms with Gasteiger partial charge in [-0.2, -0.15) is 5.26 Å². The number of rotatable bonds is 2. The topological polar surface area (TPSA) is 36.7 Å². The molecule has 0 aliphatic rings. The molecule has 0 N–H and O–H groups in total. The van der Waals surface area contributed by atoms with E-state index in [9.17, 15) is 0 Å². The smallest absolute Gasteiger partial charge is 0.140 e. The van der Waals surface area contributed by atoms with Gasteiger partial charge >= 0.3 is 0 Å². The fourth-order valence-corrected chi connectivity index (χ4v) is 2.31. The molecule has 2 rings (SSSR count). The summed E-state index contributed by atoms with van der Waals surface area (Å²) >= 11 is 1.66. The number of nitrogens with zero attached hydrogens (tertiary/aromatic N) is 2. The van der Waals surface area contributed by atoms with Gasteiger partial charge in [0, 0.05) is 16.0 Å². The van der Waals surface area contributed by atoms with Gasteiger partial charge in [-0.1, -0.05) is 17.8 Å². The highest BCUT2D eigenvalue weighted by atomic mass is 32.2. The van der Waals surface area contributed by atoms with Crippen LogP contribution in [0.5, 0.6) is 0 Å². The number of hydrogen-bond acceptors (Lipinski definition) is 3. The van der Waals surface area contributed by atoms with Crippen molar-refractivity contribution in [1.29, 1.82) is 5.26 Å². The van der Waals surface area contributed by atoms with Gasteiger partial charge in [0.25, 0.3) is 0 Å². The molecule has 84 valence electrons. The zero-order chi connectivity index (χ0) is 12.3. The van der Waals surface area contributed by atoms with E-state index in [1.165, 1.54) is 16.0 Å². The van der Waals surface area contributed by atoms with Crippen LogP contribution in [0.3, 0.4) is 0 Å². The highest BCUT2D eigenvalue weighted by Crippen LogP contribution is 2.28. The van der Waals surface area contributed by atoms with E-state index in [1.54, 1.807) is 24.0 Å². The second-order valence-corrected chi connectivity index (χ2v) is 4.99. The second-order valence-electron chi connectivity index (χ2n) is 3.84. The molecule has 0 fully saturated rings. The van der Waals surface area contributed by atoms with Crippen LogP contribution < -0.4 is 0 Å². The minimum absolute atomic E-state index is 0.453. The molecule has 0 bridgehead atoms. The molecule has 0 atom stereocenters. The van der Waals surface area contributed by atoms with Crippen molar-refractivity contribution in [2.75, 3.05) is 0 Å². The molecule has 0 amide bonds. The molecule has 0 saturated heterocycles. The Bertz CT molecular complexity index is 568. The number of aryl methyl sites for hydroxylation is 2. The first kappa shape index (κ1) is 11.7. The van der Waals surface area contributed by atoms with Crippen LogP contribution in [-0.4, -0.2) is 4.98 Å². The Morgan fingerprint density at radius 1 is 1.06 bits per heavy atom. The summed E-state index contributed by atoms with van der Waals surface area (Å²) in [4.78, 5) is 6.29. The summed E-state index contributed by atoms with van der Waals surface area (Å²) in [6, 6.07) is 12.1. The Labute approximate surface area is 105 Å². The van der Waals surface area contributed by atoms with Crippen molar-refractivity contribution in [2.24, 2.45) is 0 Å². The molecular formula is C14H12N2S. The molecule has 3 heteroatoms. The first-order chi connectivity index (χ1) is 8.19. The molecule has 0 saturated carbocycles. The SMILES string of the molecule is Cc1ccc(Sc2ccc(C#N)nc2)cc1C. The lowest BCUT2D eigenvalue weighted by atomic mass is 10.1. The van der Waals surface area contributed by atoms with Gasteiger partial charge in [-0.3, -0.25) is 0 Å². The van der Waals surface area contributed by atoms with E-state index in [4.69, 9.17) is 5.26 Å². The van der Waals surface area contributed by atoms with E-state index in [1.807, 2.05) is 12.1 Å². The van der Waals surface area contributed by atoms with Gasteiger partial charge in [-0.15, -0.1) is 0 Å². The fraction of sp³-hybridized carbons (Fsp3) is 0.143. The van der Waals surface area contributed by atoms with Gasteiger partial charge in [0.15, 0.2) is 0 Å². The third-order valence-electron chi connectivity index (χ3n) is 2.56. The van der Waals surface area contributed by atoms with Gasteiger partial charge in [0.1, 0.15) is 11.8 Å². The Balaban J connectivity index is 2.20. The molecule has 0 radical (unpaired) electrons. The van der Waals surface area contributed by atoms with Crippen molar-refractivity contribution in [1.82, 2.24) is 4.98 Å². The Kier molecular flexibility index (Phi) is 3.46. The summed E-state index contributed by atoms with van der Waals surface area (Å²) in [7, 11) is 0. The molecule has 0 aliphatic carbocycles. The molecule has 0 spiro atoms. The lowest BCUT2D eigenvalue weighted by Gasteiger charge is -2.04. The Morgan fingerprint density at radius 2 is 1.82 bits per heavy atom. The van der Waals surface area contributed by atoms with Crippen molar-refractivity contribution in [3.05, 3.63) is 53.3 Å². The molecular weight excluding hydrogens is 228 g/mol. The van der Waals surface area contributed by atoms with Gasteiger partial charge in [-0.25, -0.2) is 4.98 Å². The van der Waals surface area contributed by atoms with Gasteiger partial charge in [0.05, 0.1) is 0 Å². The van der Waals surface area contributed by atoms with Gasteiger partial charge in [0.2, 0.25) is 0 Å². The summed E-state index contributed by atoms with van der Waals surface area (Å²) in [5.41, 5.74) is 3.04. The number of benzene rings is 1. The molecule has 0 aliphatic heterocycles. The molecule has 1 aromatic heterocycles. The lowest BCUT2D eigenvalue weighted by Crippen LogP contribution is -1.83. The largest absolute Gasteiger partial charge is 0.244 e. The third-order valence-corrected chi connectivity index (χ3v) is 3.53. The minimum Gasteiger partial charge on any atom is -0.244 e. The molecule has 0 unspecified atom stereocenters. The van der Waals surface area contributed by atoms with E-state index in [2.05, 4.69) is 37.0 Å². The van der Waals surface area contributed by atoms with E-state index >= 15 is 0 Å². The van der Waals surface area contributed by atoms with Crippen LogP contribution in [-0.2, 0) is 0 Å². The van der Waals surface area contributed by atoms with Crippen molar-refractivity contribution in [3.63, 3.8) is 0 Å². The summed E-state index contributed by atoms with van der Waals surface area (Å²) in [6.45, 7) is 4.21. The summed E-state index contributed by atoms with van der Waals surface area (Å²) in [5.74, 6) is 0. The standard InChI is InChI=1S/C14H12N2S/c1-10-3-5-13(7-11(10)2)17-14-6-4-12(8-15)16-9-14/h3-7,9H,1-2H3. The predicted octanol–water partition coefficient (Wildman–Crippen LogP) is 3.72. The highest BCUT2D eigenvalue weighted by molar-refractivity contribution is 7.99. The number of hydrogen-bond donors (Lipinski definition) is 0. The van der Waals surface area contributed by atoms with Crippen LogP contribution in [0.1, 0.15) is 16.8 Å².